The highest BCUT2D eigenvalue weighted by molar-refractivity contribution is 6.10. The van der Waals surface area contributed by atoms with Gasteiger partial charge in [-0.1, -0.05) is 6.07 Å². The second-order valence-electron chi connectivity index (χ2n) is 7.45. The van der Waals surface area contributed by atoms with E-state index in [0.29, 0.717) is 11.4 Å². The first-order valence-corrected chi connectivity index (χ1v) is 9.68. The average Bonchev–Trinajstić information content (AvgIpc) is 3.33. The number of carbonyl (C=O) groups is 3. The van der Waals surface area contributed by atoms with Gasteiger partial charge < -0.3 is 15.5 Å². The minimum atomic E-state index is -1.28. The van der Waals surface area contributed by atoms with Crippen molar-refractivity contribution < 1.29 is 14.4 Å². The van der Waals surface area contributed by atoms with Gasteiger partial charge in [-0.2, -0.15) is 0 Å². The Bertz CT molecular complexity index is 925. The monoisotopic (exact) mass is 393 g/mol. The standard InChI is InChI=1S/C21H23N5O3/c1-21(17-6-2-3-11-22-17)19(28)26(20(29)24-21)14-18(27)23-15-7-9-16(10-8-15)25-12-4-5-13-25/h2-3,6-11H,4-5,12-14H2,1H3,(H,23,27)(H,24,29). The van der Waals surface area contributed by atoms with E-state index < -0.39 is 23.4 Å². The summed E-state index contributed by atoms with van der Waals surface area (Å²) in [7, 11) is 0. The van der Waals surface area contributed by atoms with E-state index >= 15 is 0 Å². The van der Waals surface area contributed by atoms with Gasteiger partial charge in [0.05, 0.1) is 5.69 Å². The minimum absolute atomic E-state index is 0.360. The summed E-state index contributed by atoms with van der Waals surface area (Å²) in [5.41, 5.74) is 0.896. The van der Waals surface area contributed by atoms with Crippen LogP contribution in [0, 0.1) is 0 Å². The Morgan fingerprint density at radius 3 is 2.52 bits per heavy atom. The number of pyridine rings is 1. The molecule has 1 aromatic carbocycles. The number of anilines is 2. The van der Waals surface area contributed by atoms with Crippen LogP contribution in [0.1, 0.15) is 25.5 Å². The second-order valence-corrected chi connectivity index (χ2v) is 7.45. The fourth-order valence-corrected chi connectivity index (χ4v) is 3.75. The van der Waals surface area contributed by atoms with Crippen molar-refractivity contribution in [2.24, 2.45) is 0 Å². The molecule has 3 heterocycles. The fourth-order valence-electron chi connectivity index (χ4n) is 3.75. The van der Waals surface area contributed by atoms with E-state index in [4.69, 9.17) is 0 Å². The third kappa shape index (κ3) is 3.65. The van der Waals surface area contributed by atoms with E-state index in [1.54, 1.807) is 31.3 Å². The van der Waals surface area contributed by atoms with Crippen molar-refractivity contribution in [3.8, 4) is 0 Å². The average molecular weight is 393 g/mol. The maximum atomic E-state index is 12.8. The van der Waals surface area contributed by atoms with E-state index in [2.05, 4.69) is 20.5 Å². The molecule has 1 unspecified atom stereocenters. The molecule has 2 saturated heterocycles. The maximum Gasteiger partial charge on any atom is 0.325 e. The molecular weight excluding hydrogens is 370 g/mol. The predicted molar refractivity (Wildman–Crippen MR) is 108 cm³/mol. The number of carbonyl (C=O) groups excluding carboxylic acids is 3. The first-order chi connectivity index (χ1) is 14.0. The van der Waals surface area contributed by atoms with Gasteiger partial charge >= 0.3 is 6.03 Å². The highest BCUT2D eigenvalue weighted by Gasteiger charge is 2.50. The molecule has 1 aromatic heterocycles. The lowest BCUT2D eigenvalue weighted by Gasteiger charge is -2.20. The SMILES string of the molecule is CC1(c2ccccn2)NC(=O)N(CC(=O)Nc2ccc(N3CCCC3)cc2)C1=O. The Kier molecular flexibility index (Phi) is 4.92. The van der Waals surface area contributed by atoms with Crippen molar-refractivity contribution in [2.75, 3.05) is 29.9 Å². The lowest BCUT2D eigenvalue weighted by molar-refractivity contribution is -0.133. The van der Waals surface area contributed by atoms with Crippen molar-refractivity contribution in [1.82, 2.24) is 15.2 Å². The largest absolute Gasteiger partial charge is 0.372 e. The number of hydrogen-bond acceptors (Lipinski definition) is 5. The lowest BCUT2D eigenvalue weighted by Crippen LogP contribution is -2.42. The van der Waals surface area contributed by atoms with E-state index in [9.17, 15) is 14.4 Å². The third-order valence-electron chi connectivity index (χ3n) is 5.38. The molecule has 0 radical (unpaired) electrons. The van der Waals surface area contributed by atoms with Crippen molar-refractivity contribution in [2.45, 2.75) is 25.3 Å². The van der Waals surface area contributed by atoms with Crippen LogP contribution in [0.2, 0.25) is 0 Å². The molecule has 1 atom stereocenters. The van der Waals surface area contributed by atoms with E-state index in [-0.39, 0.29) is 6.54 Å². The summed E-state index contributed by atoms with van der Waals surface area (Å²) >= 11 is 0. The number of hydrogen-bond donors (Lipinski definition) is 2. The highest BCUT2D eigenvalue weighted by Crippen LogP contribution is 2.27. The summed E-state index contributed by atoms with van der Waals surface area (Å²) in [6, 6.07) is 12.1. The molecule has 0 spiro atoms. The topological polar surface area (TPSA) is 94.6 Å². The van der Waals surface area contributed by atoms with E-state index in [1.807, 2.05) is 24.3 Å². The van der Waals surface area contributed by atoms with Crippen LogP contribution >= 0.6 is 0 Å². The van der Waals surface area contributed by atoms with Crippen molar-refractivity contribution in [3.63, 3.8) is 0 Å². The Morgan fingerprint density at radius 2 is 1.86 bits per heavy atom. The first kappa shape index (κ1) is 18.9. The first-order valence-electron chi connectivity index (χ1n) is 9.68. The molecule has 2 aromatic rings. The molecule has 2 N–H and O–H groups in total. The molecule has 0 aliphatic carbocycles. The number of nitrogens with zero attached hydrogens (tertiary/aromatic N) is 3. The van der Waals surface area contributed by atoms with Gasteiger partial charge in [0.25, 0.3) is 5.91 Å². The van der Waals surface area contributed by atoms with Crippen LogP contribution in [-0.2, 0) is 15.1 Å². The molecule has 150 valence electrons. The van der Waals surface area contributed by atoms with Gasteiger partial charge in [-0.15, -0.1) is 0 Å². The molecule has 8 heteroatoms. The van der Waals surface area contributed by atoms with E-state index in [1.165, 1.54) is 12.8 Å². The summed E-state index contributed by atoms with van der Waals surface area (Å²) in [5.74, 6) is -0.937. The zero-order valence-corrected chi connectivity index (χ0v) is 16.2. The van der Waals surface area contributed by atoms with Crippen LogP contribution in [0.3, 0.4) is 0 Å². The molecule has 29 heavy (non-hydrogen) atoms. The van der Waals surface area contributed by atoms with Crippen molar-refractivity contribution in [3.05, 3.63) is 54.4 Å². The zero-order valence-electron chi connectivity index (χ0n) is 16.2. The summed E-state index contributed by atoms with van der Waals surface area (Å²) in [5, 5.41) is 5.39. The summed E-state index contributed by atoms with van der Waals surface area (Å²) in [6.07, 6.45) is 3.95. The normalized spacial score (nSPS) is 21.4. The van der Waals surface area contributed by atoms with Crippen LogP contribution in [0.5, 0.6) is 0 Å². The van der Waals surface area contributed by atoms with Gasteiger partial charge in [-0.25, -0.2) is 4.79 Å². The number of nitrogens with one attached hydrogen (secondary N) is 2. The van der Waals surface area contributed by atoms with Crippen LogP contribution in [0.4, 0.5) is 16.2 Å². The molecule has 4 rings (SSSR count). The minimum Gasteiger partial charge on any atom is -0.372 e. The van der Waals surface area contributed by atoms with Gasteiger partial charge in [0.1, 0.15) is 6.54 Å². The van der Waals surface area contributed by atoms with Crippen molar-refractivity contribution >= 4 is 29.2 Å². The van der Waals surface area contributed by atoms with Crippen LogP contribution < -0.4 is 15.5 Å². The number of imide groups is 1. The van der Waals surface area contributed by atoms with Crippen LogP contribution in [0.25, 0.3) is 0 Å². The van der Waals surface area contributed by atoms with Crippen LogP contribution in [-0.4, -0.2) is 47.4 Å². The molecule has 2 aliphatic heterocycles. The Labute approximate surface area is 168 Å². The maximum absolute atomic E-state index is 12.8. The number of aromatic nitrogens is 1. The molecule has 2 aliphatic rings. The van der Waals surface area contributed by atoms with E-state index in [0.717, 1.165) is 23.7 Å². The number of urea groups is 1. The highest BCUT2D eigenvalue weighted by atomic mass is 16.2. The summed E-state index contributed by atoms with van der Waals surface area (Å²) < 4.78 is 0. The predicted octanol–water partition coefficient (Wildman–Crippen LogP) is 2.09. The van der Waals surface area contributed by atoms with Gasteiger partial charge in [0.15, 0.2) is 5.54 Å². The Morgan fingerprint density at radius 1 is 1.14 bits per heavy atom. The molecule has 2 fully saturated rings. The molecule has 4 amide bonds. The molecule has 0 bridgehead atoms. The van der Waals surface area contributed by atoms with Gasteiger partial charge in [0.2, 0.25) is 5.91 Å². The second kappa shape index (κ2) is 7.54. The number of benzene rings is 1. The molecule has 8 nitrogen and oxygen atoms in total. The van der Waals surface area contributed by atoms with Gasteiger partial charge in [-0.3, -0.25) is 19.5 Å². The van der Waals surface area contributed by atoms with Crippen molar-refractivity contribution in [1.29, 1.82) is 0 Å². The fraction of sp³-hybridized carbons (Fsp3) is 0.333. The summed E-state index contributed by atoms with van der Waals surface area (Å²) in [6.45, 7) is 3.32. The molecule has 0 saturated carbocycles. The summed E-state index contributed by atoms with van der Waals surface area (Å²) in [4.78, 5) is 45.0. The number of rotatable bonds is 5. The zero-order chi connectivity index (χ0) is 20.4. The lowest BCUT2D eigenvalue weighted by atomic mass is 9.97. The Hall–Kier alpha value is -3.42. The number of amides is 4. The quantitative estimate of drug-likeness (QED) is 0.759. The van der Waals surface area contributed by atoms with Gasteiger partial charge in [-0.05, 0) is 56.2 Å². The smallest absolute Gasteiger partial charge is 0.325 e. The van der Waals surface area contributed by atoms with Gasteiger partial charge in [0, 0.05) is 30.7 Å². The van der Waals surface area contributed by atoms with Crippen LogP contribution in [0.15, 0.2) is 48.7 Å². The Balaban J connectivity index is 1.40. The third-order valence-corrected chi connectivity index (χ3v) is 5.38. The molecular formula is C21H23N5O3.